The Bertz CT molecular complexity index is 1480. The first-order valence-electron chi connectivity index (χ1n) is 12.5. The minimum atomic E-state index is -0.183. The maximum absolute atomic E-state index is 13.9. The van der Waals surface area contributed by atoms with E-state index in [0.29, 0.717) is 23.7 Å². The van der Waals surface area contributed by atoms with Gasteiger partial charge in [0.05, 0.1) is 6.04 Å². The molecular weight excluding hydrogens is 458 g/mol. The van der Waals surface area contributed by atoms with Crippen molar-refractivity contribution in [3.05, 3.63) is 127 Å². The zero-order valence-corrected chi connectivity index (χ0v) is 21.0. The summed E-state index contributed by atoms with van der Waals surface area (Å²) in [4.78, 5) is 19.0. The van der Waals surface area contributed by atoms with E-state index in [0.717, 1.165) is 28.3 Å². The third-order valence-corrected chi connectivity index (χ3v) is 6.29. The van der Waals surface area contributed by atoms with Gasteiger partial charge in [0.1, 0.15) is 28.7 Å². The van der Waals surface area contributed by atoms with Crippen molar-refractivity contribution in [2.24, 2.45) is 0 Å². The Kier molecular flexibility index (Phi) is 7.13. The summed E-state index contributed by atoms with van der Waals surface area (Å²) in [5.74, 6) is 1.92. The lowest BCUT2D eigenvalue weighted by molar-refractivity contribution is 0.0931. The number of carbonyl (C=O) groups excluding carboxylic acids is 1. The number of para-hydroxylation sites is 2. The number of rotatable bonds is 8. The fourth-order valence-corrected chi connectivity index (χ4v) is 4.44. The van der Waals surface area contributed by atoms with Crippen LogP contribution in [0.25, 0.3) is 22.6 Å². The van der Waals surface area contributed by atoms with Crippen LogP contribution in [0.3, 0.4) is 0 Å². The van der Waals surface area contributed by atoms with Crippen molar-refractivity contribution in [1.29, 1.82) is 0 Å². The van der Waals surface area contributed by atoms with Crippen LogP contribution in [0.1, 0.15) is 35.9 Å². The van der Waals surface area contributed by atoms with Crippen LogP contribution in [-0.4, -0.2) is 15.5 Å². The largest absolute Gasteiger partial charge is 0.457 e. The quantitative estimate of drug-likeness (QED) is 0.246. The molecule has 0 aliphatic carbocycles. The van der Waals surface area contributed by atoms with E-state index in [-0.39, 0.29) is 11.9 Å². The molecular formula is C32H29N3O2. The Balaban J connectivity index is 1.63. The number of ether oxygens (including phenoxy) is 1. The highest BCUT2D eigenvalue weighted by molar-refractivity contribution is 6.00. The fraction of sp³-hybridized carbons (Fsp3) is 0.125. The van der Waals surface area contributed by atoms with Crippen LogP contribution >= 0.6 is 0 Å². The van der Waals surface area contributed by atoms with Crippen LogP contribution in [0, 0.1) is 0 Å². The molecule has 0 spiro atoms. The van der Waals surface area contributed by atoms with Gasteiger partial charge in [0.2, 0.25) is 0 Å². The van der Waals surface area contributed by atoms with E-state index in [4.69, 9.17) is 9.72 Å². The Morgan fingerprint density at radius 1 is 0.838 bits per heavy atom. The molecule has 5 rings (SSSR count). The normalized spacial score (nSPS) is 11.6. The smallest absolute Gasteiger partial charge is 0.270 e. The van der Waals surface area contributed by atoms with Gasteiger partial charge in [-0.05, 0) is 43.7 Å². The average Bonchev–Trinajstić information content (AvgIpc) is 3.34. The Morgan fingerprint density at radius 3 is 2.11 bits per heavy atom. The molecule has 5 aromatic rings. The van der Waals surface area contributed by atoms with Crippen molar-refractivity contribution in [3.8, 4) is 34.1 Å². The summed E-state index contributed by atoms with van der Waals surface area (Å²) in [5.41, 5.74) is 3.84. The SMILES string of the molecule is CCn1c(-c2ccccc2)nc(-c2ccccc2Oc2ccccc2)c1C(=O)NC(C)c1ccccc1. The molecule has 4 aromatic carbocycles. The number of benzene rings is 4. The zero-order valence-electron chi connectivity index (χ0n) is 21.0. The molecule has 37 heavy (non-hydrogen) atoms. The first-order chi connectivity index (χ1) is 18.2. The van der Waals surface area contributed by atoms with Gasteiger partial charge in [0, 0.05) is 17.7 Å². The van der Waals surface area contributed by atoms with E-state index in [9.17, 15) is 4.79 Å². The molecule has 1 atom stereocenters. The van der Waals surface area contributed by atoms with Crippen molar-refractivity contribution in [2.75, 3.05) is 0 Å². The van der Waals surface area contributed by atoms with E-state index in [1.54, 1.807) is 0 Å². The van der Waals surface area contributed by atoms with E-state index < -0.39 is 0 Å². The van der Waals surface area contributed by atoms with Crippen LogP contribution in [0.5, 0.6) is 11.5 Å². The predicted molar refractivity (Wildman–Crippen MR) is 148 cm³/mol. The second kappa shape index (κ2) is 11.0. The highest BCUT2D eigenvalue weighted by Gasteiger charge is 2.27. The summed E-state index contributed by atoms with van der Waals surface area (Å²) in [5, 5.41) is 3.19. The third kappa shape index (κ3) is 5.16. The van der Waals surface area contributed by atoms with Gasteiger partial charge in [0.15, 0.2) is 0 Å². The molecule has 1 N–H and O–H groups in total. The first-order valence-corrected chi connectivity index (χ1v) is 12.5. The lowest BCUT2D eigenvalue weighted by Crippen LogP contribution is -2.29. The molecule has 1 amide bonds. The lowest BCUT2D eigenvalue weighted by atomic mass is 10.1. The molecule has 0 bridgehead atoms. The van der Waals surface area contributed by atoms with Crippen LogP contribution in [0.15, 0.2) is 115 Å². The van der Waals surface area contributed by atoms with Crippen molar-refractivity contribution in [3.63, 3.8) is 0 Å². The monoisotopic (exact) mass is 487 g/mol. The average molecular weight is 488 g/mol. The summed E-state index contributed by atoms with van der Waals surface area (Å²) >= 11 is 0. The molecule has 5 heteroatoms. The number of hydrogen-bond acceptors (Lipinski definition) is 3. The molecule has 5 nitrogen and oxygen atoms in total. The van der Waals surface area contributed by atoms with Crippen LogP contribution in [0.4, 0.5) is 0 Å². The van der Waals surface area contributed by atoms with Gasteiger partial charge in [-0.3, -0.25) is 4.79 Å². The first kappa shape index (κ1) is 24.1. The number of nitrogens with one attached hydrogen (secondary N) is 1. The molecule has 184 valence electrons. The number of amides is 1. The van der Waals surface area contributed by atoms with Crippen LogP contribution in [0.2, 0.25) is 0 Å². The Labute approximate surface area is 217 Å². The van der Waals surface area contributed by atoms with Gasteiger partial charge in [0.25, 0.3) is 5.91 Å². The van der Waals surface area contributed by atoms with E-state index in [1.165, 1.54) is 0 Å². The van der Waals surface area contributed by atoms with Crippen LogP contribution < -0.4 is 10.1 Å². The lowest BCUT2D eigenvalue weighted by Gasteiger charge is -2.17. The van der Waals surface area contributed by atoms with Crippen molar-refractivity contribution >= 4 is 5.91 Å². The molecule has 0 aliphatic rings. The van der Waals surface area contributed by atoms with Gasteiger partial charge in [-0.2, -0.15) is 0 Å². The zero-order chi connectivity index (χ0) is 25.6. The number of imidazole rings is 1. The molecule has 1 unspecified atom stereocenters. The number of carbonyl (C=O) groups is 1. The number of nitrogens with zero attached hydrogens (tertiary/aromatic N) is 2. The molecule has 0 radical (unpaired) electrons. The summed E-state index contributed by atoms with van der Waals surface area (Å²) in [6.07, 6.45) is 0. The Morgan fingerprint density at radius 2 is 1.43 bits per heavy atom. The standard InChI is InChI=1S/C32H29N3O2/c1-3-35-30(32(36)33-23(2)24-15-7-4-8-16-24)29(34-31(35)25-17-9-5-10-18-25)27-21-13-14-22-28(27)37-26-19-11-6-12-20-26/h4-23H,3H2,1-2H3,(H,33,36). The number of hydrogen-bond donors (Lipinski definition) is 1. The van der Waals surface area contributed by atoms with E-state index >= 15 is 0 Å². The highest BCUT2D eigenvalue weighted by Crippen LogP contribution is 2.37. The molecule has 0 fully saturated rings. The summed E-state index contributed by atoms with van der Waals surface area (Å²) in [6.45, 7) is 4.60. The van der Waals surface area contributed by atoms with Crippen LogP contribution in [-0.2, 0) is 6.54 Å². The minimum Gasteiger partial charge on any atom is -0.457 e. The highest BCUT2D eigenvalue weighted by atomic mass is 16.5. The molecule has 0 aliphatic heterocycles. The van der Waals surface area contributed by atoms with Crippen molar-refractivity contribution < 1.29 is 9.53 Å². The fourth-order valence-electron chi connectivity index (χ4n) is 4.44. The summed E-state index contributed by atoms with van der Waals surface area (Å²) in [7, 11) is 0. The van der Waals surface area contributed by atoms with Gasteiger partial charge in [-0.1, -0.05) is 91.0 Å². The second-order valence-electron chi connectivity index (χ2n) is 8.76. The van der Waals surface area contributed by atoms with E-state index in [1.807, 2.05) is 134 Å². The third-order valence-electron chi connectivity index (χ3n) is 6.29. The molecule has 0 saturated carbocycles. The molecule has 0 saturated heterocycles. The summed E-state index contributed by atoms with van der Waals surface area (Å²) in [6, 6.07) is 37.1. The molecule has 1 aromatic heterocycles. The van der Waals surface area contributed by atoms with E-state index in [2.05, 4.69) is 5.32 Å². The van der Waals surface area contributed by atoms with Gasteiger partial charge in [-0.25, -0.2) is 4.98 Å². The second-order valence-corrected chi connectivity index (χ2v) is 8.76. The Hall–Kier alpha value is -4.64. The molecule has 1 heterocycles. The maximum atomic E-state index is 13.9. The minimum absolute atomic E-state index is 0.169. The van der Waals surface area contributed by atoms with Gasteiger partial charge in [-0.15, -0.1) is 0 Å². The number of aromatic nitrogens is 2. The van der Waals surface area contributed by atoms with Gasteiger partial charge >= 0.3 is 0 Å². The summed E-state index contributed by atoms with van der Waals surface area (Å²) < 4.78 is 8.24. The topological polar surface area (TPSA) is 56.2 Å². The maximum Gasteiger partial charge on any atom is 0.270 e. The van der Waals surface area contributed by atoms with Gasteiger partial charge < -0.3 is 14.6 Å². The van der Waals surface area contributed by atoms with Crippen molar-refractivity contribution in [1.82, 2.24) is 14.9 Å². The predicted octanol–water partition coefficient (Wildman–Crippen LogP) is 7.52. The van der Waals surface area contributed by atoms with Crippen molar-refractivity contribution in [2.45, 2.75) is 26.4 Å².